The third-order valence-corrected chi connectivity index (χ3v) is 4.69. The fraction of sp³-hybridized carbons (Fsp3) is 0.667. The van der Waals surface area contributed by atoms with Gasteiger partial charge in [0.15, 0.2) is 5.13 Å². The molecule has 0 radical (unpaired) electrons. The van der Waals surface area contributed by atoms with Gasteiger partial charge in [-0.3, -0.25) is 4.79 Å². The van der Waals surface area contributed by atoms with Crippen LogP contribution in [-0.4, -0.2) is 34.9 Å². The van der Waals surface area contributed by atoms with Gasteiger partial charge < -0.3 is 16.0 Å². The number of aromatic nitrogens is 1. The summed E-state index contributed by atoms with van der Waals surface area (Å²) in [6.07, 6.45) is 5.80. The first-order chi connectivity index (χ1) is 8.65. The number of amides is 1. The van der Waals surface area contributed by atoms with Crippen LogP contribution >= 0.6 is 11.3 Å². The van der Waals surface area contributed by atoms with E-state index in [0.717, 1.165) is 18.0 Å². The molecular weight excluding hydrogens is 248 g/mol. The lowest BCUT2D eigenvalue weighted by Gasteiger charge is -2.34. The quantitative estimate of drug-likeness (QED) is 0.873. The topological polar surface area (TPSA) is 71.2 Å². The summed E-state index contributed by atoms with van der Waals surface area (Å²) in [5.74, 6) is 0.373. The third kappa shape index (κ3) is 2.16. The number of nitrogen functional groups attached to an aromatic ring is 1. The minimum Gasteiger partial charge on any atom is -0.382 e. The Kier molecular flexibility index (Phi) is 2.89. The normalized spacial score (nSPS) is 19.4. The van der Waals surface area contributed by atoms with E-state index in [0.29, 0.717) is 22.8 Å². The summed E-state index contributed by atoms with van der Waals surface area (Å²) in [5, 5.41) is 4.06. The molecule has 2 saturated carbocycles. The maximum Gasteiger partial charge on any atom is 0.267 e. The number of hydrogen-bond acceptors (Lipinski definition) is 5. The zero-order valence-electron chi connectivity index (χ0n) is 10.5. The molecule has 18 heavy (non-hydrogen) atoms. The van der Waals surface area contributed by atoms with Gasteiger partial charge in [0.05, 0.1) is 0 Å². The summed E-state index contributed by atoms with van der Waals surface area (Å²) < 4.78 is 0. The Balaban J connectivity index is 1.73. The van der Waals surface area contributed by atoms with E-state index < -0.39 is 0 Å². The van der Waals surface area contributed by atoms with Gasteiger partial charge in [-0.2, -0.15) is 0 Å². The minimum atomic E-state index is 0.0125. The lowest BCUT2D eigenvalue weighted by atomic mass is 9.92. The van der Waals surface area contributed by atoms with E-state index in [9.17, 15) is 4.79 Å². The Morgan fingerprint density at radius 1 is 1.44 bits per heavy atom. The van der Waals surface area contributed by atoms with Crippen LogP contribution in [0.3, 0.4) is 0 Å². The van der Waals surface area contributed by atoms with E-state index in [1.807, 2.05) is 11.9 Å². The largest absolute Gasteiger partial charge is 0.382 e. The van der Waals surface area contributed by atoms with E-state index in [-0.39, 0.29) is 5.91 Å². The molecule has 0 bridgehead atoms. The molecule has 2 fully saturated rings. The molecule has 3 rings (SSSR count). The Bertz CT molecular complexity index is 465. The van der Waals surface area contributed by atoms with Crippen LogP contribution in [0, 0.1) is 0 Å². The molecule has 2 aliphatic carbocycles. The number of carbonyl (C=O) groups excluding carboxylic acids is 1. The van der Waals surface area contributed by atoms with Crippen molar-refractivity contribution in [1.29, 1.82) is 0 Å². The SMILES string of the molecule is CN(C(=O)c1sc(NC2CC2)nc1N)C1CCC1. The fourth-order valence-corrected chi connectivity index (χ4v) is 2.99. The lowest BCUT2D eigenvalue weighted by Crippen LogP contribution is -2.41. The van der Waals surface area contributed by atoms with Gasteiger partial charge in [0, 0.05) is 19.1 Å². The Labute approximate surface area is 110 Å². The molecule has 1 aromatic rings. The monoisotopic (exact) mass is 266 g/mol. The molecule has 6 heteroatoms. The zero-order chi connectivity index (χ0) is 12.7. The maximum absolute atomic E-state index is 12.3. The fourth-order valence-electron chi connectivity index (χ4n) is 2.05. The van der Waals surface area contributed by atoms with Crippen molar-refractivity contribution in [3.8, 4) is 0 Å². The van der Waals surface area contributed by atoms with Crippen molar-refractivity contribution in [2.45, 2.75) is 44.2 Å². The standard InChI is InChI=1S/C12H18N4OS/c1-16(8-3-2-4-8)11(17)9-10(13)15-12(18-9)14-7-5-6-7/h7-8H,2-6,13H2,1H3,(H,14,15). The molecular formula is C12H18N4OS. The van der Waals surface area contributed by atoms with Gasteiger partial charge in [-0.25, -0.2) is 4.98 Å². The summed E-state index contributed by atoms with van der Waals surface area (Å²) in [6.45, 7) is 0. The molecule has 98 valence electrons. The van der Waals surface area contributed by atoms with Gasteiger partial charge in [-0.1, -0.05) is 11.3 Å². The smallest absolute Gasteiger partial charge is 0.267 e. The van der Waals surface area contributed by atoms with Crippen molar-refractivity contribution in [2.24, 2.45) is 0 Å². The van der Waals surface area contributed by atoms with Crippen LogP contribution in [0.25, 0.3) is 0 Å². The van der Waals surface area contributed by atoms with Gasteiger partial charge in [-0.15, -0.1) is 0 Å². The Morgan fingerprint density at radius 2 is 2.17 bits per heavy atom. The second kappa shape index (κ2) is 4.42. The van der Waals surface area contributed by atoms with Gasteiger partial charge >= 0.3 is 0 Å². The second-order valence-corrected chi connectivity index (χ2v) is 6.15. The molecule has 5 nitrogen and oxygen atoms in total. The summed E-state index contributed by atoms with van der Waals surface area (Å²) in [4.78, 5) is 18.9. The maximum atomic E-state index is 12.3. The van der Waals surface area contributed by atoms with E-state index >= 15 is 0 Å². The number of nitrogens with zero attached hydrogens (tertiary/aromatic N) is 2. The van der Waals surface area contributed by atoms with Crippen molar-refractivity contribution in [1.82, 2.24) is 9.88 Å². The van der Waals surface area contributed by atoms with Gasteiger partial charge in [0.1, 0.15) is 10.7 Å². The molecule has 2 aliphatic rings. The van der Waals surface area contributed by atoms with Crippen LogP contribution in [-0.2, 0) is 0 Å². The van der Waals surface area contributed by atoms with Crippen LogP contribution < -0.4 is 11.1 Å². The van der Waals surface area contributed by atoms with Crippen molar-refractivity contribution < 1.29 is 4.79 Å². The van der Waals surface area contributed by atoms with E-state index in [4.69, 9.17) is 5.73 Å². The number of nitrogens with one attached hydrogen (secondary N) is 1. The lowest BCUT2D eigenvalue weighted by molar-refractivity contribution is 0.0658. The molecule has 1 amide bonds. The first-order valence-corrected chi connectivity index (χ1v) is 7.27. The number of thiazole rings is 1. The van der Waals surface area contributed by atoms with Crippen LogP contribution in [0.4, 0.5) is 10.9 Å². The summed E-state index contributed by atoms with van der Waals surface area (Å²) in [6, 6.07) is 0.918. The molecule has 1 aromatic heterocycles. The van der Waals surface area contributed by atoms with E-state index in [1.165, 1.54) is 30.6 Å². The molecule has 3 N–H and O–H groups in total. The molecule has 0 aliphatic heterocycles. The van der Waals surface area contributed by atoms with Crippen LogP contribution in [0.1, 0.15) is 41.8 Å². The summed E-state index contributed by atoms with van der Waals surface area (Å²) >= 11 is 1.38. The van der Waals surface area contributed by atoms with Gasteiger partial charge in [-0.05, 0) is 32.1 Å². The van der Waals surface area contributed by atoms with Crippen LogP contribution in [0.15, 0.2) is 0 Å². The van der Waals surface area contributed by atoms with Gasteiger partial charge in [0.25, 0.3) is 5.91 Å². The predicted molar refractivity (Wildman–Crippen MR) is 72.9 cm³/mol. The van der Waals surface area contributed by atoms with Gasteiger partial charge in [0.2, 0.25) is 0 Å². The average Bonchev–Trinajstić information content (AvgIpc) is 2.98. The number of nitrogens with two attached hydrogens (primary N) is 1. The predicted octanol–water partition coefficient (Wildman–Crippen LogP) is 1.92. The van der Waals surface area contributed by atoms with Crippen LogP contribution in [0.5, 0.6) is 0 Å². The number of hydrogen-bond donors (Lipinski definition) is 2. The average molecular weight is 266 g/mol. The van der Waals surface area contributed by atoms with Crippen LogP contribution in [0.2, 0.25) is 0 Å². The number of rotatable bonds is 4. The second-order valence-electron chi connectivity index (χ2n) is 5.15. The highest BCUT2D eigenvalue weighted by Gasteiger charge is 2.29. The Morgan fingerprint density at radius 3 is 2.72 bits per heavy atom. The zero-order valence-corrected chi connectivity index (χ0v) is 11.3. The van der Waals surface area contributed by atoms with Crippen molar-refractivity contribution >= 4 is 28.2 Å². The molecule has 0 atom stereocenters. The molecule has 0 spiro atoms. The third-order valence-electron chi connectivity index (χ3n) is 3.70. The van der Waals surface area contributed by atoms with Crippen molar-refractivity contribution in [2.75, 3.05) is 18.1 Å². The summed E-state index contributed by atoms with van der Waals surface area (Å²) in [7, 11) is 1.86. The highest BCUT2D eigenvalue weighted by molar-refractivity contribution is 7.18. The molecule has 0 saturated heterocycles. The van der Waals surface area contributed by atoms with Crippen molar-refractivity contribution in [3.05, 3.63) is 4.88 Å². The molecule has 0 unspecified atom stereocenters. The summed E-state index contributed by atoms with van der Waals surface area (Å²) in [5.41, 5.74) is 5.85. The van der Waals surface area contributed by atoms with E-state index in [2.05, 4.69) is 10.3 Å². The highest BCUT2D eigenvalue weighted by Crippen LogP contribution is 2.32. The minimum absolute atomic E-state index is 0.0125. The Hall–Kier alpha value is -1.30. The molecule has 0 aromatic carbocycles. The van der Waals surface area contributed by atoms with E-state index in [1.54, 1.807) is 0 Å². The molecule has 1 heterocycles. The first kappa shape index (κ1) is 11.8. The number of anilines is 2. The first-order valence-electron chi connectivity index (χ1n) is 6.45. The number of carbonyl (C=O) groups is 1. The van der Waals surface area contributed by atoms with Crippen molar-refractivity contribution in [3.63, 3.8) is 0 Å². The highest BCUT2D eigenvalue weighted by atomic mass is 32.1.